The molecule has 6 heteroatoms. The lowest BCUT2D eigenvalue weighted by Gasteiger charge is -2.21. The van der Waals surface area contributed by atoms with Crippen LogP contribution in [0.25, 0.3) is 22.3 Å². The number of rotatable bonds is 15. The molecule has 0 aromatic heterocycles. The van der Waals surface area contributed by atoms with Crippen LogP contribution in [-0.2, 0) is 38.7 Å². The molecule has 0 saturated heterocycles. The molecule has 0 fully saturated rings. The molecular weight excluding hydrogens is 520 g/mol. The van der Waals surface area contributed by atoms with Crippen LogP contribution < -0.4 is 32.4 Å². The van der Waals surface area contributed by atoms with E-state index in [0.717, 1.165) is 65.9 Å². The van der Waals surface area contributed by atoms with Crippen molar-refractivity contribution in [3.8, 4) is 33.8 Å². The van der Waals surface area contributed by atoms with E-state index in [4.69, 9.17) is 32.4 Å². The van der Waals surface area contributed by atoms with Crippen LogP contribution in [0, 0.1) is 0 Å². The fourth-order valence-corrected chi connectivity index (χ4v) is 5.76. The first-order valence-electron chi connectivity index (χ1n) is 15.0. The molecule has 42 heavy (non-hydrogen) atoms. The number of methoxy groups -OCH3 is 1. The summed E-state index contributed by atoms with van der Waals surface area (Å²) in [5, 5.41) is 0. The fourth-order valence-electron chi connectivity index (χ4n) is 5.76. The van der Waals surface area contributed by atoms with Crippen molar-refractivity contribution in [3.63, 3.8) is 0 Å². The molecule has 0 bridgehead atoms. The van der Waals surface area contributed by atoms with Crippen molar-refractivity contribution in [2.45, 2.75) is 45.6 Å². The minimum atomic E-state index is 0.502. The average molecular weight is 567 g/mol. The van der Waals surface area contributed by atoms with Gasteiger partial charge in [-0.2, -0.15) is 0 Å². The lowest BCUT2D eigenvalue weighted by molar-refractivity contribution is 0.300. The van der Waals surface area contributed by atoms with Crippen molar-refractivity contribution < 1.29 is 9.47 Å². The smallest absolute Gasteiger partial charge is 0.126 e. The maximum Gasteiger partial charge on any atom is 0.126 e. The summed E-state index contributed by atoms with van der Waals surface area (Å²) in [4.78, 5) is 0. The summed E-state index contributed by atoms with van der Waals surface area (Å²) < 4.78 is 12.0. The Morgan fingerprint density at radius 1 is 0.595 bits per heavy atom. The van der Waals surface area contributed by atoms with Gasteiger partial charge >= 0.3 is 0 Å². The van der Waals surface area contributed by atoms with Crippen molar-refractivity contribution in [1.82, 2.24) is 0 Å². The molecule has 0 heterocycles. The topological polar surface area (TPSA) is 123 Å². The first kappa shape index (κ1) is 31.3. The summed E-state index contributed by atoms with van der Waals surface area (Å²) in [7, 11) is 1.70. The van der Waals surface area contributed by atoms with Crippen molar-refractivity contribution in [2.75, 3.05) is 33.3 Å². The van der Waals surface area contributed by atoms with Gasteiger partial charge in [0.2, 0.25) is 0 Å². The second kappa shape index (κ2) is 15.5. The van der Waals surface area contributed by atoms with Gasteiger partial charge in [-0.1, -0.05) is 55.5 Å². The summed E-state index contributed by atoms with van der Waals surface area (Å²) in [5.41, 5.74) is 36.0. The predicted molar refractivity (Wildman–Crippen MR) is 175 cm³/mol. The quantitative estimate of drug-likeness (QED) is 0.157. The SMILES string of the molecule is CCc1cc(-c2c(CCN)cc(OC)cc2CCN)ccc1-c1cc(CCN)c(OCc2ccccc2)c(CCN)c1. The molecule has 0 radical (unpaired) electrons. The Bertz CT molecular complexity index is 1400. The van der Waals surface area contributed by atoms with Crippen molar-refractivity contribution >= 4 is 0 Å². The number of nitrogens with two attached hydrogens (primary N) is 4. The Morgan fingerprint density at radius 3 is 1.67 bits per heavy atom. The lowest BCUT2D eigenvalue weighted by atomic mass is 9.87. The first-order valence-corrected chi connectivity index (χ1v) is 15.0. The molecule has 0 aliphatic rings. The molecular formula is C36H46N4O2. The van der Waals surface area contributed by atoms with E-state index in [0.29, 0.717) is 32.8 Å². The highest BCUT2D eigenvalue weighted by atomic mass is 16.5. The second-order valence-corrected chi connectivity index (χ2v) is 10.6. The van der Waals surface area contributed by atoms with Crippen LogP contribution >= 0.6 is 0 Å². The van der Waals surface area contributed by atoms with Crippen molar-refractivity contribution in [2.24, 2.45) is 22.9 Å². The molecule has 0 spiro atoms. The summed E-state index contributed by atoms with van der Waals surface area (Å²) in [5.74, 6) is 1.75. The average Bonchev–Trinajstić information content (AvgIpc) is 3.01. The monoisotopic (exact) mass is 566 g/mol. The molecule has 0 aliphatic heterocycles. The molecule has 4 rings (SSSR count). The number of benzene rings is 4. The zero-order chi connectivity index (χ0) is 29.9. The van der Waals surface area contributed by atoms with Gasteiger partial charge in [0.25, 0.3) is 0 Å². The van der Waals surface area contributed by atoms with Crippen LogP contribution in [0.5, 0.6) is 11.5 Å². The number of hydrogen-bond acceptors (Lipinski definition) is 6. The van der Waals surface area contributed by atoms with Crippen LogP contribution in [0.2, 0.25) is 0 Å². The van der Waals surface area contributed by atoms with Gasteiger partial charge in [-0.15, -0.1) is 0 Å². The van der Waals surface area contributed by atoms with Crippen molar-refractivity contribution in [1.29, 1.82) is 0 Å². The number of hydrogen-bond donors (Lipinski definition) is 4. The van der Waals surface area contributed by atoms with E-state index >= 15 is 0 Å². The van der Waals surface area contributed by atoms with E-state index in [1.807, 2.05) is 18.2 Å². The molecule has 6 nitrogen and oxygen atoms in total. The molecule has 0 aliphatic carbocycles. The number of aryl methyl sites for hydroxylation is 1. The third-order valence-corrected chi connectivity index (χ3v) is 7.72. The zero-order valence-corrected chi connectivity index (χ0v) is 25.1. The Hall–Kier alpha value is -3.68. The highest BCUT2D eigenvalue weighted by Gasteiger charge is 2.18. The molecule has 0 saturated carbocycles. The zero-order valence-electron chi connectivity index (χ0n) is 25.1. The minimum Gasteiger partial charge on any atom is -0.497 e. The standard InChI is InChI=1S/C36H46N4O2/c1-3-26-19-27(35-28(11-15-37)22-33(41-2)23-29(35)12-16-38)9-10-34(26)32-20-30(13-17-39)36(31(21-32)14-18-40)42-24-25-7-5-4-6-8-25/h4-10,19-23H,3,11-18,24,37-40H2,1-2H3. The minimum absolute atomic E-state index is 0.502. The van der Waals surface area contributed by atoms with Crippen LogP contribution in [0.1, 0.15) is 40.3 Å². The van der Waals surface area contributed by atoms with Gasteiger partial charge in [0.15, 0.2) is 0 Å². The third kappa shape index (κ3) is 7.39. The van der Waals surface area contributed by atoms with Gasteiger partial charge in [0.1, 0.15) is 18.1 Å². The normalized spacial score (nSPS) is 11.1. The highest BCUT2D eigenvalue weighted by Crippen LogP contribution is 2.38. The van der Waals surface area contributed by atoms with Gasteiger partial charge in [-0.3, -0.25) is 0 Å². The summed E-state index contributed by atoms with van der Waals surface area (Å²) in [6, 6.07) is 25.7. The molecule has 222 valence electrons. The lowest BCUT2D eigenvalue weighted by Crippen LogP contribution is -2.11. The highest BCUT2D eigenvalue weighted by molar-refractivity contribution is 5.79. The predicted octanol–water partition coefficient (Wildman–Crippen LogP) is 5.18. The van der Waals surface area contributed by atoms with Gasteiger partial charge in [-0.25, -0.2) is 0 Å². The number of ether oxygens (including phenoxy) is 2. The Kier molecular flexibility index (Phi) is 11.6. The molecule has 0 atom stereocenters. The summed E-state index contributed by atoms with van der Waals surface area (Å²) in [6.07, 6.45) is 3.88. The third-order valence-electron chi connectivity index (χ3n) is 7.72. The molecule has 8 N–H and O–H groups in total. The Labute approximate surface area is 251 Å². The van der Waals surface area contributed by atoms with E-state index in [9.17, 15) is 0 Å². The molecule has 4 aromatic rings. The van der Waals surface area contributed by atoms with Crippen LogP contribution in [-0.4, -0.2) is 33.3 Å². The van der Waals surface area contributed by atoms with E-state index in [1.165, 1.54) is 33.4 Å². The molecule has 0 amide bonds. The van der Waals surface area contributed by atoms with Crippen LogP contribution in [0.3, 0.4) is 0 Å². The van der Waals surface area contributed by atoms with Gasteiger partial charge < -0.3 is 32.4 Å². The van der Waals surface area contributed by atoms with Crippen LogP contribution in [0.15, 0.2) is 72.8 Å². The van der Waals surface area contributed by atoms with E-state index in [-0.39, 0.29) is 0 Å². The van der Waals surface area contributed by atoms with Gasteiger partial charge in [0.05, 0.1) is 7.11 Å². The van der Waals surface area contributed by atoms with E-state index in [1.54, 1.807) is 7.11 Å². The van der Waals surface area contributed by atoms with E-state index in [2.05, 4.69) is 61.5 Å². The maximum atomic E-state index is 6.43. The van der Waals surface area contributed by atoms with Gasteiger partial charge in [-0.05, 0) is 138 Å². The van der Waals surface area contributed by atoms with Crippen LogP contribution in [0.4, 0.5) is 0 Å². The first-order chi connectivity index (χ1) is 20.6. The van der Waals surface area contributed by atoms with E-state index < -0.39 is 0 Å². The second-order valence-electron chi connectivity index (χ2n) is 10.6. The maximum absolute atomic E-state index is 6.43. The molecule has 0 unspecified atom stereocenters. The largest absolute Gasteiger partial charge is 0.497 e. The fraction of sp³-hybridized carbons (Fsp3) is 0.333. The van der Waals surface area contributed by atoms with Crippen molar-refractivity contribution in [3.05, 3.63) is 106 Å². The molecule has 4 aromatic carbocycles. The van der Waals surface area contributed by atoms with Gasteiger partial charge in [0, 0.05) is 0 Å². The summed E-state index contributed by atoms with van der Waals surface area (Å²) in [6.45, 7) is 4.91. The summed E-state index contributed by atoms with van der Waals surface area (Å²) >= 11 is 0. The Morgan fingerprint density at radius 2 is 1.14 bits per heavy atom. The Balaban J connectivity index is 1.80.